The van der Waals surface area contributed by atoms with Gasteiger partial charge in [0.25, 0.3) is 0 Å². The molecule has 0 aliphatic rings. The summed E-state index contributed by atoms with van der Waals surface area (Å²) in [5.74, 6) is 0. The van der Waals surface area contributed by atoms with E-state index in [1.54, 1.807) is 6.20 Å². The Kier molecular flexibility index (Phi) is 7.89. The van der Waals surface area contributed by atoms with Crippen molar-refractivity contribution in [2.75, 3.05) is 0 Å². The van der Waals surface area contributed by atoms with Crippen LogP contribution in [0.5, 0.6) is 0 Å². The number of fused-ring (bicyclic) bond motifs is 3. The smallest absolute Gasteiger partial charge is 0.328 e. The first-order valence-corrected chi connectivity index (χ1v) is 12.2. The predicted octanol–water partition coefficient (Wildman–Crippen LogP) is 8.60. The molecule has 0 bridgehead atoms. The van der Waals surface area contributed by atoms with Crippen LogP contribution in [0.15, 0.2) is 140 Å². The summed E-state index contributed by atoms with van der Waals surface area (Å²) < 4.78 is 2.32. The number of benzene rings is 5. The fourth-order valence-corrected chi connectivity index (χ4v) is 4.59. The van der Waals surface area contributed by atoms with Crippen LogP contribution in [0, 0.1) is 18.2 Å². The molecule has 182 valence electrons. The molecule has 2 aromatic heterocycles. The first-order chi connectivity index (χ1) is 18.4. The normalized spacial score (nSPS) is 10.4. The summed E-state index contributed by atoms with van der Waals surface area (Å²) in [6, 6.07) is 54.9. The van der Waals surface area contributed by atoms with E-state index < -0.39 is 0 Å². The van der Waals surface area contributed by atoms with Gasteiger partial charge in [-0.25, -0.2) is 11.1 Å². The Morgan fingerprint density at radius 2 is 1.08 bits per heavy atom. The van der Waals surface area contributed by atoms with Crippen molar-refractivity contribution in [1.82, 2.24) is 9.55 Å². The van der Waals surface area contributed by atoms with Crippen molar-refractivity contribution in [3.63, 3.8) is 0 Å². The van der Waals surface area contributed by atoms with E-state index in [4.69, 9.17) is 0 Å². The summed E-state index contributed by atoms with van der Waals surface area (Å²) >= 11 is 0. The molecule has 0 N–H and O–H groups in total. The fourth-order valence-electron chi connectivity index (χ4n) is 4.59. The molecule has 0 radical (unpaired) electrons. The molecular weight excluding hydrogens is 641 g/mol. The Balaban J connectivity index is 0.000000191. The van der Waals surface area contributed by atoms with Gasteiger partial charge in [0.2, 0.25) is 0 Å². The first-order valence-electron chi connectivity index (χ1n) is 12.2. The average molecular weight is 664 g/mol. The Labute approximate surface area is 236 Å². The van der Waals surface area contributed by atoms with E-state index in [1.807, 2.05) is 66.7 Å². The van der Waals surface area contributed by atoms with Crippen molar-refractivity contribution >= 4 is 21.8 Å². The largest absolute Gasteiger partial charge is 3.00 e. The molecule has 0 atom stereocenters. The molecule has 0 aliphatic carbocycles. The number of aromatic nitrogens is 2. The second-order valence-corrected chi connectivity index (χ2v) is 8.60. The molecule has 0 fully saturated rings. The number of rotatable bonds is 3. The third kappa shape index (κ3) is 5.21. The molecule has 2 nitrogen and oxygen atoms in total. The van der Waals surface area contributed by atoms with Crippen LogP contribution in [0.3, 0.4) is 0 Å². The molecule has 0 aliphatic heterocycles. The van der Waals surface area contributed by atoms with Crippen molar-refractivity contribution in [3.05, 3.63) is 158 Å². The summed E-state index contributed by atoms with van der Waals surface area (Å²) in [4.78, 5) is 4.22. The summed E-state index contributed by atoms with van der Waals surface area (Å²) in [6.07, 6.45) is 1.79. The molecule has 3 heteroatoms. The molecule has 7 aromatic rings. The monoisotopic (exact) mass is 664 g/mol. The van der Waals surface area contributed by atoms with E-state index in [2.05, 4.69) is 94.5 Å². The van der Waals surface area contributed by atoms with Crippen LogP contribution in [0.4, 0.5) is 0 Å². The van der Waals surface area contributed by atoms with Gasteiger partial charge in [0.15, 0.2) is 0 Å². The maximum Gasteiger partial charge on any atom is 3.00 e. The number of hydrogen-bond donors (Lipinski definition) is 0. The molecule has 0 unspecified atom stereocenters. The minimum Gasteiger partial charge on any atom is -0.328 e. The summed E-state index contributed by atoms with van der Waals surface area (Å²) in [6.45, 7) is 0. The van der Waals surface area contributed by atoms with Gasteiger partial charge in [0.05, 0.1) is 11.0 Å². The summed E-state index contributed by atoms with van der Waals surface area (Å²) in [5, 5.41) is 2.55. The standard InChI is InChI=1S/C24H15N.C11H8N.Ir/c1-2-9-18(10-3-1)19-11-8-12-20(17-19)25-23-15-6-4-13-21(23)22-14-5-7-16-24(22)25;1-2-6-10(7-3-1)11-8-4-5-9-12-11;/h1-9,12-17H;1-6,8-9H;/q-2;-1;+3. The van der Waals surface area contributed by atoms with Crippen LogP contribution >= 0.6 is 0 Å². The zero-order valence-electron chi connectivity index (χ0n) is 20.5. The van der Waals surface area contributed by atoms with Gasteiger partial charge in [-0.2, -0.15) is 42.5 Å². The minimum absolute atomic E-state index is 0. The molecule has 0 amide bonds. The molecule has 5 aromatic carbocycles. The predicted molar refractivity (Wildman–Crippen MR) is 152 cm³/mol. The summed E-state index contributed by atoms with van der Waals surface area (Å²) in [7, 11) is 0. The third-order valence-corrected chi connectivity index (χ3v) is 6.27. The Bertz CT molecular complexity index is 1670. The molecule has 0 spiro atoms. The number of nitrogens with zero attached hydrogens (tertiary/aromatic N) is 2. The van der Waals surface area contributed by atoms with Gasteiger partial charge in [-0.3, -0.25) is 0 Å². The molecule has 0 saturated carbocycles. The van der Waals surface area contributed by atoms with Crippen LogP contribution < -0.4 is 0 Å². The fraction of sp³-hybridized carbons (Fsp3) is 0. The number of pyridine rings is 1. The van der Waals surface area contributed by atoms with Crippen molar-refractivity contribution < 1.29 is 20.1 Å². The van der Waals surface area contributed by atoms with Gasteiger partial charge in [-0.1, -0.05) is 48.5 Å². The minimum atomic E-state index is 0. The summed E-state index contributed by atoms with van der Waals surface area (Å²) in [5.41, 5.74) is 7.71. The molecule has 0 saturated heterocycles. The van der Waals surface area contributed by atoms with Crippen LogP contribution in [-0.2, 0) is 20.1 Å². The topological polar surface area (TPSA) is 17.8 Å². The molecular formula is C35H23IrN2. The molecule has 38 heavy (non-hydrogen) atoms. The maximum absolute atomic E-state index is 4.22. The van der Waals surface area contributed by atoms with Gasteiger partial charge < -0.3 is 9.55 Å². The number of para-hydroxylation sites is 2. The first kappa shape index (κ1) is 25.4. The number of hydrogen-bond acceptors (Lipinski definition) is 1. The molecule has 7 rings (SSSR count). The van der Waals surface area contributed by atoms with Gasteiger partial charge in [-0.05, 0) is 29.6 Å². The van der Waals surface area contributed by atoms with E-state index in [-0.39, 0.29) is 20.1 Å². The van der Waals surface area contributed by atoms with Crippen LogP contribution in [-0.4, -0.2) is 9.55 Å². The van der Waals surface area contributed by atoms with E-state index in [0.29, 0.717) is 0 Å². The van der Waals surface area contributed by atoms with Gasteiger partial charge in [0.1, 0.15) is 0 Å². The van der Waals surface area contributed by atoms with E-state index in [1.165, 1.54) is 21.8 Å². The zero-order chi connectivity index (χ0) is 24.9. The average Bonchev–Trinajstić information content (AvgIpc) is 3.33. The van der Waals surface area contributed by atoms with Gasteiger partial charge >= 0.3 is 20.1 Å². The van der Waals surface area contributed by atoms with Crippen LogP contribution in [0.1, 0.15) is 0 Å². The third-order valence-electron chi connectivity index (χ3n) is 6.27. The SMILES string of the molecule is [Ir+3].[c-]1ccccc1-c1[c-]ccc(-n2c3ccccc3c3ccccc32)c1.[c-]1ccccc1-c1ccccn1. The Hall–Kier alpha value is -4.30. The maximum atomic E-state index is 4.22. The van der Waals surface area contributed by atoms with Crippen molar-refractivity contribution in [2.45, 2.75) is 0 Å². The van der Waals surface area contributed by atoms with Gasteiger partial charge in [0, 0.05) is 17.0 Å². The van der Waals surface area contributed by atoms with Gasteiger partial charge in [-0.15, -0.1) is 48.0 Å². The Morgan fingerprint density at radius 1 is 0.500 bits per heavy atom. The van der Waals surface area contributed by atoms with Crippen LogP contribution in [0.2, 0.25) is 0 Å². The van der Waals surface area contributed by atoms with E-state index in [0.717, 1.165) is 28.1 Å². The second-order valence-electron chi connectivity index (χ2n) is 8.60. The van der Waals surface area contributed by atoms with Crippen molar-refractivity contribution in [3.8, 4) is 28.1 Å². The van der Waals surface area contributed by atoms with E-state index in [9.17, 15) is 0 Å². The quantitative estimate of drug-likeness (QED) is 0.173. The second kappa shape index (κ2) is 11.8. The van der Waals surface area contributed by atoms with Crippen molar-refractivity contribution in [2.24, 2.45) is 0 Å². The van der Waals surface area contributed by atoms with E-state index >= 15 is 0 Å². The van der Waals surface area contributed by atoms with Crippen LogP contribution in [0.25, 0.3) is 49.9 Å². The Morgan fingerprint density at radius 3 is 1.68 bits per heavy atom. The zero-order valence-corrected chi connectivity index (χ0v) is 22.9. The van der Waals surface area contributed by atoms with Crippen molar-refractivity contribution in [1.29, 1.82) is 0 Å². The molecule has 2 heterocycles.